The van der Waals surface area contributed by atoms with E-state index >= 15 is 0 Å². The predicted octanol–water partition coefficient (Wildman–Crippen LogP) is 0.880. The number of nitrogens with zero attached hydrogens (tertiary/aromatic N) is 4. The van der Waals surface area contributed by atoms with Gasteiger partial charge in [-0.2, -0.15) is 5.10 Å². The minimum absolute atomic E-state index is 0.000465. The molecule has 0 atom stereocenters. The fraction of sp³-hybridized carbons (Fsp3) is 0.545. The summed E-state index contributed by atoms with van der Waals surface area (Å²) in [4.78, 5) is 26.2. The molecule has 2 N–H and O–H groups in total. The van der Waals surface area contributed by atoms with Gasteiger partial charge < -0.3 is 10.6 Å². The van der Waals surface area contributed by atoms with Crippen molar-refractivity contribution in [1.29, 1.82) is 0 Å². The fourth-order valence-electron chi connectivity index (χ4n) is 1.50. The molecule has 9 heteroatoms. The highest BCUT2D eigenvalue weighted by Crippen LogP contribution is 2.21. The van der Waals surface area contributed by atoms with E-state index in [1.54, 1.807) is 20.8 Å². The lowest BCUT2D eigenvalue weighted by atomic mass is 10.2. The standard InChI is InChI=1S/C11H17N5O4/c1-6(2)11(17)20-14-9(12)5-15-8(4)10(16(18)19)7(3)13-15/h6H,5H2,1-4H3,(H2,12,14). The molecular formula is C11H17N5O4. The second-order valence-corrected chi connectivity index (χ2v) is 4.58. The summed E-state index contributed by atoms with van der Waals surface area (Å²) in [6.07, 6.45) is 0. The molecule has 20 heavy (non-hydrogen) atoms. The summed E-state index contributed by atoms with van der Waals surface area (Å²) >= 11 is 0. The van der Waals surface area contributed by atoms with Crippen molar-refractivity contribution in [2.75, 3.05) is 0 Å². The van der Waals surface area contributed by atoms with Crippen LogP contribution in [0, 0.1) is 29.9 Å². The van der Waals surface area contributed by atoms with Gasteiger partial charge in [-0.1, -0.05) is 19.0 Å². The molecule has 0 aliphatic heterocycles. The normalized spacial score (nSPS) is 11.8. The first kappa shape index (κ1) is 15.6. The Morgan fingerprint density at radius 1 is 1.55 bits per heavy atom. The SMILES string of the molecule is Cc1nn(C/C(N)=N/OC(=O)C(C)C)c(C)c1[N+](=O)[O-]. The van der Waals surface area contributed by atoms with Gasteiger partial charge in [0, 0.05) is 0 Å². The van der Waals surface area contributed by atoms with Crippen LogP contribution in [0.4, 0.5) is 5.69 Å². The largest absolute Gasteiger partial charge is 0.383 e. The molecule has 0 fully saturated rings. The first-order valence-electron chi connectivity index (χ1n) is 5.95. The fourth-order valence-corrected chi connectivity index (χ4v) is 1.50. The molecule has 1 heterocycles. The number of nitro groups is 1. The number of oxime groups is 1. The quantitative estimate of drug-likeness (QED) is 0.281. The molecule has 0 unspecified atom stereocenters. The Bertz CT molecular complexity index is 561. The van der Waals surface area contributed by atoms with Crippen molar-refractivity contribution in [3.8, 4) is 0 Å². The van der Waals surface area contributed by atoms with Crippen LogP contribution in [-0.4, -0.2) is 26.5 Å². The number of aryl methyl sites for hydroxylation is 1. The Morgan fingerprint density at radius 2 is 2.15 bits per heavy atom. The minimum Gasteiger partial charge on any atom is -0.383 e. The molecule has 110 valence electrons. The number of amidine groups is 1. The molecule has 0 amide bonds. The third-order valence-electron chi connectivity index (χ3n) is 2.56. The van der Waals surface area contributed by atoms with Crippen molar-refractivity contribution >= 4 is 17.5 Å². The molecule has 0 saturated carbocycles. The molecule has 0 spiro atoms. The third kappa shape index (κ3) is 3.53. The molecule has 1 rings (SSSR count). The van der Waals surface area contributed by atoms with Crippen molar-refractivity contribution < 1.29 is 14.6 Å². The van der Waals surface area contributed by atoms with Gasteiger partial charge in [-0.15, -0.1) is 0 Å². The predicted molar refractivity (Wildman–Crippen MR) is 70.9 cm³/mol. The van der Waals surface area contributed by atoms with Crippen LogP contribution in [0.3, 0.4) is 0 Å². The zero-order valence-electron chi connectivity index (χ0n) is 11.8. The Hall–Kier alpha value is -2.45. The van der Waals surface area contributed by atoms with E-state index in [4.69, 9.17) is 5.73 Å². The van der Waals surface area contributed by atoms with Crippen LogP contribution in [0.25, 0.3) is 0 Å². The second-order valence-electron chi connectivity index (χ2n) is 4.58. The van der Waals surface area contributed by atoms with E-state index in [0.717, 1.165) is 0 Å². The zero-order chi connectivity index (χ0) is 15.4. The zero-order valence-corrected chi connectivity index (χ0v) is 11.8. The molecule has 0 saturated heterocycles. The molecule has 0 aliphatic rings. The van der Waals surface area contributed by atoms with Crippen LogP contribution in [-0.2, 0) is 16.2 Å². The number of aromatic nitrogens is 2. The highest BCUT2D eigenvalue weighted by atomic mass is 16.7. The van der Waals surface area contributed by atoms with Gasteiger partial charge in [-0.3, -0.25) is 14.8 Å². The number of carbonyl (C=O) groups is 1. The van der Waals surface area contributed by atoms with E-state index in [9.17, 15) is 14.9 Å². The molecule has 9 nitrogen and oxygen atoms in total. The maximum Gasteiger partial charge on any atom is 0.337 e. The number of carbonyl (C=O) groups excluding carboxylic acids is 1. The van der Waals surface area contributed by atoms with E-state index in [1.807, 2.05) is 0 Å². The third-order valence-corrected chi connectivity index (χ3v) is 2.56. The highest BCUT2D eigenvalue weighted by molar-refractivity contribution is 5.81. The number of hydrogen-bond donors (Lipinski definition) is 1. The molecule has 1 aromatic heterocycles. The van der Waals surface area contributed by atoms with Crippen LogP contribution < -0.4 is 5.73 Å². The van der Waals surface area contributed by atoms with Gasteiger partial charge in [0.15, 0.2) is 5.84 Å². The van der Waals surface area contributed by atoms with E-state index in [2.05, 4.69) is 15.1 Å². The maximum absolute atomic E-state index is 11.2. The maximum atomic E-state index is 11.2. The first-order chi connectivity index (χ1) is 9.23. The summed E-state index contributed by atoms with van der Waals surface area (Å²) in [6, 6.07) is 0. The monoisotopic (exact) mass is 283 g/mol. The lowest BCUT2D eigenvalue weighted by molar-refractivity contribution is -0.386. The second kappa shape index (κ2) is 6.13. The Labute approximate surface area is 115 Å². The highest BCUT2D eigenvalue weighted by Gasteiger charge is 2.22. The summed E-state index contributed by atoms with van der Waals surface area (Å²) in [5.74, 6) is -0.826. The molecule has 0 aromatic carbocycles. The van der Waals surface area contributed by atoms with Crippen LogP contribution in [0.1, 0.15) is 25.2 Å². The molecule has 0 bridgehead atoms. The number of hydrogen-bond acceptors (Lipinski definition) is 6. The average molecular weight is 283 g/mol. The molecule has 0 aliphatic carbocycles. The average Bonchev–Trinajstić information content (AvgIpc) is 2.61. The van der Waals surface area contributed by atoms with Crippen LogP contribution in [0.15, 0.2) is 5.16 Å². The van der Waals surface area contributed by atoms with Gasteiger partial charge in [0.1, 0.15) is 17.9 Å². The van der Waals surface area contributed by atoms with Gasteiger partial charge in [0.05, 0.1) is 10.8 Å². The van der Waals surface area contributed by atoms with Crippen LogP contribution in [0.5, 0.6) is 0 Å². The lowest BCUT2D eigenvalue weighted by Crippen LogP contribution is -2.22. The van der Waals surface area contributed by atoms with Crippen molar-refractivity contribution in [3.63, 3.8) is 0 Å². The van der Waals surface area contributed by atoms with Gasteiger partial charge in [0.2, 0.25) is 0 Å². The Balaban J connectivity index is 2.84. The van der Waals surface area contributed by atoms with Crippen LogP contribution in [0.2, 0.25) is 0 Å². The van der Waals surface area contributed by atoms with Gasteiger partial charge in [-0.25, -0.2) is 4.79 Å². The molecular weight excluding hydrogens is 266 g/mol. The van der Waals surface area contributed by atoms with Gasteiger partial charge in [-0.05, 0) is 13.8 Å². The van der Waals surface area contributed by atoms with E-state index in [1.165, 1.54) is 11.6 Å². The van der Waals surface area contributed by atoms with Crippen molar-refractivity contribution in [2.24, 2.45) is 16.8 Å². The van der Waals surface area contributed by atoms with Crippen molar-refractivity contribution in [1.82, 2.24) is 9.78 Å². The van der Waals surface area contributed by atoms with E-state index in [0.29, 0.717) is 11.4 Å². The molecule has 1 aromatic rings. The summed E-state index contributed by atoms with van der Waals surface area (Å²) in [5, 5.41) is 18.3. The lowest BCUT2D eigenvalue weighted by Gasteiger charge is -2.04. The van der Waals surface area contributed by atoms with Crippen molar-refractivity contribution in [3.05, 3.63) is 21.5 Å². The Kier molecular flexibility index (Phi) is 4.78. The minimum atomic E-state index is -0.507. The van der Waals surface area contributed by atoms with E-state index in [-0.39, 0.29) is 24.0 Å². The smallest absolute Gasteiger partial charge is 0.337 e. The number of rotatable bonds is 5. The van der Waals surface area contributed by atoms with Gasteiger partial charge in [0.25, 0.3) is 0 Å². The first-order valence-corrected chi connectivity index (χ1v) is 5.95. The molecule has 0 radical (unpaired) electrons. The van der Waals surface area contributed by atoms with Crippen LogP contribution >= 0.6 is 0 Å². The summed E-state index contributed by atoms with van der Waals surface area (Å²) in [5.41, 5.74) is 6.20. The van der Waals surface area contributed by atoms with Gasteiger partial charge >= 0.3 is 11.7 Å². The summed E-state index contributed by atoms with van der Waals surface area (Å²) < 4.78 is 1.34. The topological polar surface area (TPSA) is 126 Å². The summed E-state index contributed by atoms with van der Waals surface area (Å²) in [7, 11) is 0. The summed E-state index contributed by atoms with van der Waals surface area (Å²) in [6.45, 7) is 6.43. The van der Waals surface area contributed by atoms with E-state index < -0.39 is 10.9 Å². The van der Waals surface area contributed by atoms with Crippen molar-refractivity contribution in [2.45, 2.75) is 34.2 Å². The number of nitrogens with two attached hydrogens (primary N) is 1. The Morgan fingerprint density at radius 3 is 2.60 bits per heavy atom.